The fourth-order valence-electron chi connectivity index (χ4n) is 5.10. The van der Waals surface area contributed by atoms with E-state index in [2.05, 4.69) is 23.5 Å². The molecule has 0 saturated heterocycles. The Bertz CT molecular complexity index is 1200. The molecule has 0 radical (unpaired) electrons. The van der Waals surface area contributed by atoms with Gasteiger partial charge in [-0.25, -0.2) is 0 Å². The molecule has 0 amide bonds. The largest absolute Gasteiger partial charge is 0.493 e. The second-order valence-corrected chi connectivity index (χ2v) is 8.67. The Morgan fingerprint density at radius 1 is 0.735 bits per heavy atom. The molecule has 4 aromatic rings. The minimum atomic E-state index is -1.24. The quantitative estimate of drug-likeness (QED) is 0.421. The zero-order valence-corrected chi connectivity index (χ0v) is 19.4. The van der Waals surface area contributed by atoms with Gasteiger partial charge in [0.25, 0.3) is 0 Å². The van der Waals surface area contributed by atoms with Gasteiger partial charge < -0.3 is 14.6 Å². The third kappa shape index (κ3) is 3.85. The molecule has 0 aromatic heterocycles. The first-order valence-corrected chi connectivity index (χ1v) is 11.5. The van der Waals surface area contributed by atoms with Gasteiger partial charge in [-0.15, -0.1) is 0 Å². The summed E-state index contributed by atoms with van der Waals surface area (Å²) in [5.74, 6) is 1.39. The highest BCUT2D eigenvalue weighted by molar-refractivity contribution is 5.53. The maximum atomic E-state index is 12.5. The predicted octanol–water partition coefficient (Wildman–Crippen LogP) is 5.24. The predicted molar refractivity (Wildman–Crippen MR) is 134 cm³/mol. The van der Waals surface area contributed by atoms with E-state index in [0.29, 0.717) is 17.9 Å². The number of benzene rings is 4. The fourth-order valence-corrected chi connectivity index (χ4v) is 5.10. The second kappa shape index (κ2) is 9.34. The average molecular weight is 452 g/mol. The monoisotopic (exact) mass is 451 g/mol. The van der Waals surface area contributed by atoms with Crippen LogP contribution in [0, 0.1) is 0 Å². The van der Waals surface area contributed by atoms with Crippen molar-refractivity contribution in [1.82, 2.24) is 5.32 Å². The van der Waals surface area contributed by atoms with Gasteiger partial charge in [-0.05, 0) is 46.4 Å². The van der Waals surface area contributed by atoms with Crippen molar-refractivity contribution >= 4 is 0 Å². The average Bonchev–Trinajstić information content (AvgIpc) is 2.92. The minimum absolute atomic E-state index is 0.117. The molecule has 0 fully saturated rings. The van der Waals surface area contributed by atoms with Gasteiger partial charge in [0, 0.05) is 6.04 Å². The van der Waals surface area contributed by atoms with Gasteiger partial charge in [0.1, 0.15) is 5.60 Å². The summed E-state index contributed by atoms with van der Waals surface area (Å²) >= 11 is 0. The fraction of sp³-hybridized carbons (Fsp3) is 0.200. The normalized spacial score (nSPS) is 17.6. The number of hydrogen-bond acceptors (Lipinski definition) is 4. The van der Waals surface area contributed by atoms with E-state index in [9.17, 15) is 5.11 Å². The maximum absolute atomic E-state index is 12.5. The van der Waals surface area contributed by atoms with Gasteiger partial charge in [-0.3, -0.25) is 5.32 Å². The third-order valence-electron chi connectivity index (χ3n) is 6.81. The van der Waals surface area contributed by atoms with Crippen molar-refractivity contribution in [3.05, 3.63) is 131 Å². The Balaban J connectivity index is 1.69. The van der Waals surface area contributed by atoms with Crippen LogP contribution in [0.15, 0.2) is 103 Å². The van der Waals surface area contributed by atoms with Crippen molar-refractivity contribution in [3.63, 3.8) is 0 Å². The molecule has 0 spiro atoms. The van der Waals surface area contributed by atoms with Crippen molar-refractivity contribution in [1.29, 1.82) is 0 Å². The van der Waals surface area contributed by atoms with E-state index in [-0.39, 0.29) is 12.1 Å². The minimum Gasteiger partial charge on any atom is -0.493 e. The van der Waals surface area contributed by atoms with E-state index in [1.165, 1.54) is 0 Å². The van der Waals surface area contributed by atoms with Gasteiger partial charge in [-0.2, -0.15) is 0 Å². The van der Waals surface area contributed by atoms with Crippen LogP contribution in [-0.4, -0.2) is 25.4 Å². The summed E-state index contributed by atoms with van der Waals surface area (Å²) in [5, 5.41) is 16.3. The van der Waals surface area contributed by atoms with Crippen LogP contribution in [0.2, 0.25) is 0 Å². The first kappa shape index (κ1) is 22.2. The highest BCUT2D eigenvalue weighted by Gasteiger charge is 2.44. The molecule has 0 aliphatic carbocycles. The Morgan fingerprint density at radius 3 is 1.76 bits per heavy atom. The molecule has 1 heterocycles. The Labute approximate surface area is 200 Å². The third-order valence-corrected chi connectivity index (χ3v) is 6.81. The molecule has 0 saturated carbocycles. The Morgan fingerprint density at radius 2 is 1.24 bits per heavy atom. The number of aliphatic hydroxyl groups is 1. The molecule has 1 aliphatic heterocycles. The van der Waals surface area contributed by atoms with Crippen LogP contribution in [0.4, 0.5) is 0 Å². The lowest BCUT2D eigenvalue weighted by atomic mass is 9.74. The number of hydrogen-bond donors (Lipinski definition) is 2. The van der Waals surface area contributed by atoms with E-state index in [0.717, 1.165) is 27.8 Å². The molecular weight excluding hydrogens is 422 g/mol. The SMILES string of the molecule is COc1cc2c(cc1OC)[C@@H](c1ccccc1)N[C@H](C(O)(c1ccccc1)c1ccccc1)C2. The van der Waals surface area contributed by atoms with E-state index >= 15 is 0 Å². The lowest BCUT2D eigenvalue weighted by molar-refractivity contribution is 0.0308. The van der Waals surface area contributed by atoms with Crippen LogP contribution >= 0.6 is 0 Å². The van der Waals surface area contributed by atoms with E-state index in [1.54, 1.807) is 14.2 Å². The van der Waals surface area contributed by atoms with Crippen LogP contribution in [0.25, 0.3) is 0 Å². The topological polar surface area (TPSA) is 50.7 Å². The van der Waals surface area contributed by atoms with Gasteiger partial charge in [0.05, 0.1) is 20.3 Å². The van der Waals surface area contributed by atoms with Crippen molar-refractivity contribution < 1.29 is 14.6 Å². The number of ether oxygens (including phenoxy) is 2. The number of methoxy groups -OCH3 is 2. The molecule has 0 bridgehead atoms. The molecule has 0 unspecified atom stereocenters. The zero-order chi connectivity index (χ0) is 23.5. The van der Waals surface area contributed by atoms with Crippen LogP contribution in [-0.2, 0) is 12.0 Å². The summed E-state index contributed by atoms with van der Waals surface area (Å²) in [5.41, 5.74) is 3.86. The maximum Gasteiger partial charge on any atom is 0.161 e. The summed E-state index contributed by atoms with van der Waals surface area (Å²) in [4.78, 5) is 0. The van der Waals surface area contributed by atoms with Gasteiger partial charge in [-0.1, -0.05) is 91.0 Å². The van der Waals surface area contributed by atoms with Crippen molar-refractivity contribution in [2.45, 2.75) is 24.1 Å². The number of nitrogens with one attached hydrogen (secondary N) is 1. The highest BCUT2D eigenvalue weighted by atomic mass is 16.5. The molecule has 1 aliphatic rings. The molecule has 34 heavy (non-hydrogen) atoms. The zero-order valence-electron chi connectivity index (χ0n) is 19.4. The van der Waals surface area contributed by atoms with Gasteiger partial charge in [0.2, 0.25) is 0 Å². The van der Waals surface area contributed by atoms with Crippen LogP contribution in [0.1, 0.15) is 33.9 Å². The van der Waals surface area contributed by atoms with Crippen molar-refractivity contribution in [2.75, 3.05) is 14.2 Å². The van der Waals surface area contributed by atoms with Crippen LogP contribution in [0.5, 0.6) is 11.5 Å². The lowest BCUT2D eigenvalue weighted by Crippen LogP contribution is -2.54. The van der Waals surface area contributed by atoms with Crippen LogP contribution in [0.3, 0.4) is 0 Å². The van der Waals surface area contributed by atoms with E-state index < -0.39 is 5.60 Å². The molecule has 4 nitrogen and oxygen atoms in total. The molecule has 2 N–H and O–H groups in total. The molecule has 172 valence electrons. The summed E-state index contributed by atoms with van der Waals surface area (Å²) in [6, 6.07) is 33.9. The lowest BCUT2D eigenvalue weighted by Gasteiger charge is -2.43. The molecule has 2 atom stereocenters. The van der Waals surface area contributed by atoms with E-state index in [4.69, 9.17) is 9.47 Å². The number of fused-ring (bicyclic) bond motifs is 1. The van der Waals surface area contributed by atoms with Crippen LogP contribution < -0.4 is 14.8 Å². The van der Waals surface area contributed by atoms with Gasteiger partial charge >= 0.3 is 0 Å². The summed E-state index contributed by atoms with van der Waals surface area (Å²) in [6.07, 6.45) is 0.624. The highest BCUT2D eigenvalue weighted by Crippen LogP contribution is 2.43. The standard InChI is InChI=1S/C30H29NO3/c1-33-26-18-22-19-28(30(32,23-14-8-4-9-15-23)24-16-10-5-11-17-24)31-29(21-12-6-3-7-13-21)25(22)20-27(26)34-2/h3-18,20,28-29,31-32H,19H2,1-2H3/t28-,29+/m0/s1. The molecular formula is C30H29NO3. The Hall–Kier alpha value is -3.60. The smallest absolute Gasteiger partial charge is 0.161 e. The molecule has 4 aromatic carbocycles. The van der Waals surface area contributed by atoms with Gasteiger partial charge in [0.15, 0.2) is 11.5 Å². The number of rotatable bonds is 6. The first-order valence-electron chi connectivity index (χ1n) is 11.5. The van der Waals surface area contributed by atoms with Crippen molar-refractivity contribution in [2.24, 2.45) is 0 Å². The summed E-state index contributed by atoms with van der Waals surface area (Å²) in [7, 11) is 3.31. The second-order valence-electron chi connectivity index (χ2n) is 8.67. The molecule has 4 heteroatoms. The summed E-state index contributed by atoms with van der Waals surface area (Å²) in [6.45, 7) is 0. The Kier molecular flexibility index (Phi) is 6.10. The van der Waals surface area contributed by atoms with Crippen molar-refractivity contribution in [3.8, 4) is 11.5 Å². The molecule has 5 rings (SSSR count). The van der Waals surface area contributed by atoms with E-state index in [1.807, 2.05) is 84.9 Å². The first-order chi connectivity index (χ1) is 16.6. The summed E-state index contributed by atoms with van der Waals surface area (Å²) < 4.78 is 11.2.